The molecule has 0 bridgehead atoms. The fourth-order valence-corrected chi connectivity index (χ4v) is 5.55. The van der Waals surface area contributed by atoms with Crippen LogP contribution in [0.5, 0.6) is 0 Å². The van der Waals surface area contributed by atoms with Crippen LogP contribution in [0.4, 0.5) is 5.13 Å². The van der Waals surface area contributed by atoms with E-state index >= 15 is 0 Å². The van der Waals surface area contributed by atoms with Crippen molar-refractivity contribution in [3.63, 3.8) is 0 Å². The van der Waals surface area contributed by atoms with Gasteiger partial charge in [-0.3, -0.25) is 14.2 Å². The van der Waals surface area contributed by atoms with Gasteiger partial charge >= 0.3 is 0 Å². The monoisotopic (exact) mass is 474 g/mol. The van der Waals surface area contributed by atoms with Crippen molar-refractivity contribution in [1.29, 1.82) is 0 Å². The van der Waals surface area contributed by atoms with E-state index in [-0.39, 0.29) is 24.0 Å². The molecule has 34 heavy (non-hydrogen) atoms. The van der Waals surface area contributed by atoms with Gasteiger partial charge in [-0.2, -0.15) is 0 Å². The largest absolute Gasteiger partial charge is 0.392 e. The van der Waals surface area contributed by atoms with Gasteiger partial charge in [-0.25, -0.2) is 9.97 Å². The quantitative estimate of drug-likeness (QED) is 0.439. The van der Waals surface area contributed by atoms with Gasteiger partial charge in [0, 0.05) is 25.6 Å². The minimum atomic E-state index is -0.219. The number of carbonyl (C=O) groups is 1. The molecule has 1 aliphatic heterocycles. The maximum absolute atomic E-state index is 13.1. The number of nitrogens with zero attached hydrogens (tertiary/aromatic N) is 4. The zero-order valence-electron chi connectivity index (χ0n) is 19.0. The molecule has 3 heterocycles. The molecule has 2 aromatic heterocycles. The minimum absolute atomic E-state index is 0.0800. The topological polar surface area (TPSA) is 88.3 Å². The third-order valence-electron chi connectivity index (χ3n) is 6.37. The van der Waals surface area contributed by atoms with Crippen molar-refractivity contribution in [2.45, 2.75) is 38.3 Å². The summed E-state index contributed by atoms with van der Waals surface area (Å²) in [6, 6.07) is 17.2. The average Bonchev–Trinajstić information content (AvgIpc) is 3.53. The highest BCUT2D eigenvalue weighted by atomic mass is 32.1. The molecule has 0 saturated carbocycles. The lowest BCUT2D eigenvalue weighted by molar-refractivity contribution is -0.120. The molecular weight excluding hydrogens is 448 g/mol. The highest BCUT2D eigenvalue weighted by Crippen LogP contribution is 2.33. The molecule has 174 valence electrons. The first-order chi connectivity index (χ1) is 16.5. The Kier molecular flexibility index (Phi) is 6.26. The lowest BCUT2D eigenvalue weighted by atomic mass is 10.0. The molecular formula is C26H26N4O3S. The standard InChI is InChI=1S/C26H26N4O3S/c1-29-23(19-10-5-9-18(15-19)16-31)28-24-22(25(29)33)27-26(34-24)30-14-6-11-20(30)21(32)13-12-17-7-3-2-4-8-17/h2-5,7-10,15,20,31H,6,11-14,16H2,1H3/t20-/m1/s1. The highest BCUT2D eigenvalue weighted by Gasteiger charge is 2.32. The summed E-state index contributed by atoms with van der Waals surface area (Å²) in [6.45, 7) is 0.663. The van der Waals surface area contributed by atoms with E-state index in [2.05, 4.69) is 4.98 Å². The van der Waals surface area contributed by atoms with E-state index in [0.717, 1.165) is 42.5 Å². The van der Waals surface area contributed by atoms with E-state index < -0.39 is 0 Å². The Morgan fingerprint density at radius 1 is 1.12 bits per heavy atom. The number of aliphatic hydroxyl groups excluding tert-OH is 1. The predicted molar refractivity (Wildman–Crippen MR) is 134 cm³/mol. The van der Waals surface area contributed by atoms with Gasteiger partial charge in [0.2, 0.25) is 0 Å². The van der Waals surface area contributed by atoms with Crippen molar-refractivity contribution in [3.8, 4) is 11.4 Å². The van der Waals surface area contributed by atoms with E-state index in [1.807, 2.05) is 59.5 Å². The number of hydrogen-bond donors (Lipinski definition) is 1. The number of thiazole rings is 1. The first-order valence-corrected chi connectivity index (χ1v) is 12.3. The summed E-state index contributed by atoms with van der Waals surface area (Å²) in [4.78, 5) is 38.2. The Hall–Kier alpha value is -3.36. The third-order valence-corrected chi connectivity index (χ3v) is 7.36. The number of aliphatic hydroxyl groups is 1. The number of rotatable bonds is 7. The SMILES string of the molecule is Cn1c(-c2cccc(CO)c2)nc2sc(N3CCC[C@@H]3C(=O)CCc3ccccc3)nc2c1=O. The Balaban J connectivity index is 1.43. The number of fused-ring (bicyclic) bond motifs is 1. The van der Waals surface area contributed by atoms with E-state index in [1.54, 1.807) is 7.05 Å². The smallest absolute Gasteiger partial charge is 0.281 e. The molecule has 0 unspecified atom stereocenters. The van der Waals surface area contributed by atoms with Crippen LogP contribution in [0.1, 0.15) is 30.4 Å². The van der Waals surface area contributed by atoms with Crippen LogP contribution in [0.25, 0.3) is 21.7 Å². The van der Waals surface area contributed by atoms with Crippen LogP contribution in [0.15, 0.2) is 59.4 Å². The molecule has 2 aromatic carbocycles. The second-order valence-corrected chi connectivity index (χ2v) is 9.57. The van der Waals surface area contributed by atoms with Gasteiger partial charge in [-0.05, 0) is 36.5 Å². The summed E-state index contributed by atoms with van der Waals surface area (Å²) in [5.41, 5.74) is 2.78. The van der Waals surface area contributed by atoms with Gasteiger partial charge in [-0.1, -0.05) is 59.9 Å². The molecule has 8 heteroatoms. The van der Waals surface area contributed by atoms with Crippen molar-refractivity contribution in [3.05, 3.63) is 76.1 Å². The lowest BCUT2D eigenvalue weighted by Crippen LogP contribution is -2.36. The molecule has 4 aromatic rings. The van der Waals surface area contributed by atoms with Gasteiger partial charge in [0.25, 0.3) is 5.56 Å². The van der Waals surface area contributed by atoms with Crippen LogP contribution in [0, 0.1) is 0 Å². The normalized spacial score (nSPS) is 15.8. The number of carbonyl (C=O) groups excluding carboxylic acids is 1. The zero-order chi connectivity index (χ0) is 23.7. The fraction of sp³-hybridized carbons (Fsp3) is 0.308. The Bertz CT molecular complexity index is 1400. The Morgan fingerprint density at radius 2 is 1.91 bits per heavy atom. The molecule has 0 spiro atoms. The zero-order valence-corrected chi connectivity index (χ0v) is 19.8. The van der Waals surface area contributed by atoms with Gasteiger partial charge < -0.3 is 10.0 Å². The maximum atomic E-state index is 13.1. The van der Waals surface area contributed by atoms with Crippen LogP contribution in [0.3, 0.4) is 0 Å². The van der Waals surface area contributed by atoms with Crippen molar-refractivity contribution < 1.29 is 9.90 Å². The second kappa shape index (κ2) is 9.48. The van der Waals surface area contributed by atoms with Gasteiger partial charge in [0.15, 0.2) is 21.3 Å². The van der Waals surface area contributed by atoms with Crippen LogP contribution < -0.4 is 10.5 Å². The second-order valence-electron chi connectivity index (χ2n) is 8.61. The molecule has 1 atom stereocenters. The molecule has 1 fully saturated rings. The van der Waals surface area contributed by atoms with Crippen molar-refractivity contribution in [1.82, 2.24) is 14.5 Å². The van der Waals surface area contributed by atoms with Crippen LogP contribution in [0.2, 0.25) is 0 Å². The van der Waals surface area contributed by atoms with E-state index in [0.29, 0.717) is 27.7 Å². The van der Waals surface area contributed by atoms with Crippen molar-refractivity contribution in [2.24, 2.45) is 7.05 Å². The molecule has 0 amide bonds. The molecule has 1 saturated heterocycles. The Labute approximate surface area is 201 Å². The summed E-state index contributed by atoms with van der Waals surface area (Å²) >= 11 is 1.36. The van der Waals surface area contributed by atoms with Crippen LogP contribution in [-0.4, -0.2) is 38.0 Å². The number of aryl methyl sites for hydroxylation is 1. The first kappa shape index (κ1) is 22.4. The van der Waals surface area contributed by atoms with Crippen LogP contribution >= 0.6 is 11.3 Å². The van der Waals surface area contributed by atoms with E-state index in [9.17, 15) is 14.7 Å². The number of aromatic nitrogens is 3. The molecule has 0 aliphatic carbocycles. The van der Waals surface area contributed by atoms with Gasteiger partial charge in [-0.15, -0.1) is 0 Å². The molecule has 1 aliphatic rings. The van der Waals surface area contributed by atoms with E-state index in [1.165, 1.54) is 15.9 Å². The summed E-state index contributed by atoms with van der Waals surface area (Å²) in [7, 11) is 1.68. The number of Topliss-reactive ketones (excluding diaryl/α,β-unsaturated/α-hetero) is 1. The summed E-state index contributed by atoms with van der Waals surface area (Å²) in [5.74, 6) is 0.739. The number of ketones is 1. The first-order valence-electron chi connectivity index (χ1n) is 11.5. The van der Waals surface area contributed by atoms with Gasteiger partial charge in [0.05, 0.1) is 12.6 Å². The molecule has 0 radical (unpaired) electrons. The summed E-state index contributed by atoms with van der Waals surface area (Å²) in [5, 5.41) is 10.1. The Morgan fingerprint density at radius 3 is 2.71 bits per heavy atom. The van der Waals surface area contributed by atoms with Crippen molar-refractivity contribution in [2.75, 3.05) is 11.4 Å². The van der Waals surface area contributed by atoms with Gasteiger partial charge in [0.1, 0.15) is 5.82 Å². The van der Waals surface area contributed by atoms with Crippen molar-refractivity contribution >= 4 is 32.6 Å². The number of anilines is 1. The number of hydrogen-bond acceptors (Lipinski definition) is 7. The maximum Gasteiger partial charge on any atom is 0.281 e. The summed E-state index contributed by atoms with van der Waals surface area (Å²) < 4.78 is 1.49. The van der Waals surface area contributed by atoms with E-state index in [4.69, 9.17) is 4.98 Å². The third kappa shape index (κ3) is 4.26. The number of benzene rings is 2. The predicted octanol–water partition coefficient (Wildman–Crippen LogP) is 3.72. The average molecular weight is 475 g/mol. The molecule has 1 N–H and O–H groups in total. The lowest BCUT2D eigenvalue weighted by Gasteiger charge is -2.22. The highest BCUT2D eigenvalue weighted by molar-refractivity contribution is 7.21. The van der Waals surface area contributed by atoms with Crippen LogP contribution in [-0.2, 0) is 24.9 Å². The summed E-state index contributed by atoms with van der Waals surface area (Å²) in [6.07, 6.45) is 2.93. The fourth-order valence-electron chi connectivity index (χ4n) is 4.54. The minimum Gasteiger partial charge on any atom is -0.392 e. The molecule has 7 nitrogen and oxygen atoms in total. The molecule has 5 rings (SSSR count).